The lowest BCUT2D eigenvalue weighted by Crippen LogP contribution is -2.31. The topological polar surface area (TPSA) is 80.8 Å². The average molecular weight is 496 g/mol. The highest BCUT2D eigenvalue weighted by molar-refractivity contribution is 6.22. The van der Waals surface area contributed by atoms with E-state index in [1.54, 1.807) is 31.2 Å². The lowest BCUT2D eigenvalue weighted by atomic mass is 9.73. The lowest BCUT2D eigenvalue weighted by Gasteiger charge is -2.28. The molecule has 0 aromatic heterocycles. The third-order valence-electron chi connectivity index (χ3n) is 7.55. The Kier molecular flexibility index (Phi) is 6.74. The van der Waals surface area contributed by atoms with Crippen LogP contribution in [0.25, 0.3) is 0 Å². The van der Waals surface area contributed by atoms with Crippen molar-refractivity contribution >= 4 is 29.3 Å². The molecule has 3 aromatic carbocycles. The van der Waals surface area contributed by atoms with Gasteiger partial charge in [-0.05, 0) is 68.9 Å². The van der Waals surface area contributed by atoms with Crippen LogP contribution < -0.4 is 4.90 Å². The lowest BCUT2D eigenvalue weighted by molar-refractivity contribution is -0.122. The molecule has 2 fully saturated rings. The number of hydrogen-bond donors (Lipinski definition) is 0. The van der Waals surface area contributed by atoms with Gasteiger partial charge < -0.3 is 4.74 Å². The molecular weight excluding hydrogens is 466 g/mol. The van der Waals surface area contributed by atoms with Crippen LogP contribution in [0.1, 0.15) is 63.9 Å². The number of anilines is 1. The Morgan fingerprint density at radius 1 is 0.811 bits per heavy atom. The molecule has 1 saturated carbocycles. The summed E-state index contributed by atoms with van der Waals surface area (Å²) < 4.78 is 5.39. The molecule has 2 aliphatic rings. The zero-order chi connectivity index (χ0) is 26.1. The Bertz CT molecular complexity index is 1330. The number of carbonyl (C=O) groups excluding carboxylic acids is 4. The maximum atomic E-state index is 13.3. The number of ether oxygens (including phenoxy) is 1. The molecule has 4 atom stereocenters. The highest BCUT2D eigenvalue weighted by Crippen LogP contribution is 2.45. The first kappa shape index (κ1) is 24.6. The summed E-state index contributed by atoms with van der Waals surface area (Å²) in [5.74, 6) is -1.64. The maximum absolute atomic E-state index is 13.3. The first-order valence-electron chi connectivity index (χ1n) is 12.7. The van der Waals surface area contributed by atoms with Gasteiger partial charge in [-0.25, -0.2) is 4.79 Å². The van der Waals surface area contributed by atoms with Crippen molar-refractivity contribution in [3.05, 3.63) is 101 Å². The third-order valence-corrected chi connectivity index (χ3v) is 7.55. The van der Waals surface area contributed by atoms with Gasteiger partial charge in [-0.3, -0.25) is 19.3 Å². The predicted octanol–water partition coefficient (Wildman–Crippen LogP) is 5.50. The van der Waals surface area contributed by atoms with E-state index in [1.807, 2.05) is 37.3 Å². The van der Waals surface area contributed by atoms with Crippen LogP contribution in [0, 0.1) is 18.8 Å². The van der Waals surface area contributed by atoms with Gasteiger partial charge in [0.25, 0.3) is 0 Å². The molecule has 0 unspecified atom stereocenters. The Hall–Kier alpha value is -4.06. The number of aryl methyl sites for hydroxylation is 1. The molecule has 0 N–H and O–H groups in total. The van der Waals surface area contributed by atoms with E-state index in [9.17, 15) is 19.2 Å². The fraction of sp³-hybridized carbons (Fsp3) is 0.290. The zero-order valence-corrected chi connectivity index (χ0v) is 20.9. The number of esters is 1. The monoisotopic (exact) mass is 495 g/mol. The number of hydrogen-bond acceptors (Lipinski definition) is 5. The Labute approximate surface area is 216 Å². The summed E-state index contributed by atoms with van der Waals surface area (Å²) >= 11 is 0. The highest BCUT2D eigenvalue weighted by Gasteiger charge is 2.50. The van der Waals surface area contributed by atoms with Gasteiger partial charge in [0.2, 0.25) is 17.6 Å². The van der Waals surface area contributed by atoms with E-state index < -0.39 is 12.1 Å². The van der Waals surface area contributed by atoms with Crippen LogP contribution in [0.2, 0.25) is 0 Å². The zero-order valence-electron chi connectivity index (χ0n) is 20.9. The van der Waals surface area contributed by atoms with Crippen molar-refractivity contribution in [1.29, 1.82) is 0 Å². The maximum Gasteiger partial charge on any atom is 0.338 e. The van der Waals surface area contributed by atoms with Crippen molar-refractivity contribution < 1.29 is 23.9 Å². The second-order valence-electron chi connectivity index (χ2n) is 9.97. The van der Waals surface area contributed by atoms with Crippen LogP contribution in [0.4, 0.5) is 5.69 Å². The number of carbonyl (C=O) groups is 4. The Balaban J connectivity index is 1.25. The summed E-state index contributed by atoms with van der Waals surface area (Å²) in [4.78, 5) is 53.0. The first-order chi connectivity index (χ1) is 17.8. The molecule has 0 bridgehead atoms. The molecule has 37 heavy (non-hydrogen) atoms. The van der Waals surface area contributed by atoms with E-state index in [0.29, 0.717) is 24.1 Å². The smallest absolute Gasteiger partial charge is 0.338 e. The molecule has 2 amide bonds. The molecular formula is C31H29NO5. The standard InChI is InChI=1S/C31H29NO5/c1-19-8-10-22(11-9-19)28(33)20(2)37-31(36)23-12-15-25(16-13-23)32-29(34)26-17-14-24(18-27(26)30(32)35)21-6-4-3-5-7-21/h3-13,15-16,20,24,26-27H,14,17-18H2,1-2H3/t20-,24+,26-,27+/m1/s1. The number of fused-ring (bicyclic) bond motifs is 1. The van der Waals surface area contributed by atoms with Gasteiger partial charge >= 0.3 is 5.97 Å². The average Bonchev–Trinajstić information content (AvgIpc) is 3.18. The van der Waals surface area contributed by atoms with E-state index >= 15 is 0 Å². The first-order valence-corrected chi connectivity index (χ1v) is 12.7. The van der Waals surface area contributed by atoms with E-state index in [2.05, 4.69) is 12.1 Å². The van der Waals surface area contributed by atoms with Crippen LogP contribution >= 0.6 is 0 Å². The summed E-state index contributed by atoms with van der Waals surface area (Å²) in [6.07, 6.45) is 1.27. The molecule has 0 radical (unpaired) electrons. The van der Waals surface area contributed by atoms with Crippen molar-refractivity contribution in [1.82, 2.24) is 0 Å². The molecule has 6 heteroatoms. The molecule has 1 heterocycles. The van der Waals surface area contributed by atoms with Gasteiger partial charge in [-0.15, -0.1) is 0 Å². The number of rotatable bonds is 6. The largest absolute Gasteiger partial charge is 0.451 e. The van der Waals surface area contributed by atoms with Crippen LogP contribution in [0.5, 0.6) is 0 Å². The number of Topliss-reactive ketones (excluding diaryl/α,β-unsaturated/α-hetero) is 1. The number of benzene rings is 3. The number of nitrogens with zero attached hydrogens (tertiary/aromatic N) is 1. The van der Waals surface area contributed by atoms with Crippen LogP contribution in [-0.2, 0) is 14.3 Å². The summed E-state index contributed by atoms with van der Waals surface area (Å²) in [6.45, 7) is 3.47. The highest BCUT2D eigenvalue weighted by atomic mass is 16.5. The summed E-state index contributed by atoms with van der Waals surface area (Å²) in [7, 11) is 0. The summed E-state index contributed by atoms with van der Waals surface area (Å²) in [6, 6.07) is 23.4. The van der Waals surface area contributed by atoms with Crippen molar-refractivity contribution in [3.8, 4) is 0 Å². The molecule has 6 nitrogen and oxygen atoms in total. The number of ketones is 1. The van der Waals surface area contributed by atoms with E-state index in [1.165, 1.54) is 22.6 Å². The summed E-state index contributed by atoms with van der Waals surface area (Å²) in [5.41, 5.74) is 3.40. The van der Waals surface area contributed by atoms with Gasteiger partial charge in [-0.2, -0.15) is 0 Å². The Morgan fingerprint density at radius 2 is 1.43 bits per heavy atom. The summed E-state index contributed by atoms with van der Waals surface area (Å²) in [5, 5.41) is 0. The quantitative estimate of drug-likeness (QED) is 0.256. The minimum absolute atomic E-state index is 0.172. The van der Waals surface area contributed by atoms with Crippen LogP contribution in [0.15, 0.2) is 78.9 Å². The normalized spacial score (nSPS) is 21.9. The molecule has 1 saturated heterocycles. The third kappa shape index (κ3) is 4.84. The molecule has 188 valence electrons. The van der Waals surface area contributed by atoms with E-state index in [0.717, 1.165) is 12.0 Å². The van der Waals surface area contributed by atoms with Gasteiger partial charge in [0.1, 0.15) is 0 Å². The molecule has 3 aromatic rings. The second-order valence-corrected chi connectivity index (χ2v) is 9.97. The van der Waals surface area contributed by atoms with Gasteiger partial charge in [0.15, 0.2) is 6.10 Å². The van der Waals surface area contributed by atoms with Gasteiger partial charge in [0.05, 0.1) is 23.1 Å². The van der Waals surface area contributed by atoms with E-state index in [4.69, 9.17) is 4.74 Å². The van der Waals surface area contributed by atoms with Crippen molar-refractivity contribution in [2.75, 3.05) is 4.90 Å². The van der Waals surface area contributed by atoms with Crippen molar-refractivity contribution in [2.45, 2.75) is 45.1 Å². The molecule has 1 aliphatic heterocycles. The van der Waals surface area contributed by atoms with Crippen LogP contribution in [0.3, 0.4) is 0 Å². The molecule has 1 aliphatic carbocycles. The Morgan fingerprint density at radius 3 is 2.11 bits per heavy atom. The van der Waals surface area contributed by atoms with Gasteiger partial charge in [0, 0.05) is 5.56 Å². The minimum Gasteiger partial charge on any atom is -0.451 e. The SMILES string of the molecule is Cc1ccc(C(=O)[C@@H](C)OC(=O)c2ccc(N3C(=O)[C@H]4C[C@@H](c5ccccc5)CC[C@H]4C3=O)cc2)cc1. The fourth-order valence-electron chi connectivity index (χ4n) is 5.44. The van der Waals surface area contributed by atoms with Crippen LogP contribution in [-0.4, -0.2) is 29.7 Å². The molecule has 5 rings (SSSR count). The molecule has 0 spiro atoms. The predicted molar refractivity (Wildman–Crippen MR) is 139 cm³/mol. The number of amides is 2. The fourth-order valence-corrected chi connectivity index (χ4v) is 5.44. The van der Waals surface area contributed by atoms with Crippen molar-refractivity contribution in [3.63, 3.8) is 0 Å². The number of imide groups is 1. The van der Waals surface area contributed by atoms with E-state index in [-0.39, 0.29) is 40.9 Å². The minimum atomic E-state index is -0.947. The second kappa shape index (κ2) is 10.1. The van der Waals surface area contributed by atoms with Crippen molar-refractivity contribution in [2.24, 2.45) is 11.8 Å². The van der Waals surface area contributed by atoms with Gasteiger partial charge in [-0.1, -0.05) is 60.2 Å².